The van der Waals surface area contributed by atoms with Crippen molar-refractivity contribution in [1.82, 2.24) is 4.98 Å². The van der Waals surface area contributed by atoms with Crippen molar-refractivity contribution in [3.63, 3.8) is 0 Å². The summed E-state index contributed by atoms with van der Waals surface area (Å²) >= 11 is 5.82. The van der Waals surface area contributed by atoms with Gasteiger partial charge in [-0.1, -0.05) is 11.6 Å². The molecule has 0 unspecified atom stereocenters. The molecule has 0 aliphatic heterocycles. The van der Waals surface area contributed by atoms with E-state index in [1.54, 1.807) is 24.3 Å². The molecule has 28 heavy (non-hydrogen) atoms. The van der Waals surface area contributed by atoms with Gasteiger partial charge in [0.15, 0.2) is 6.61 Å². The third-order valence-electron chi connectivity index (χ3n) is 3.69. The quantitative estimate of drug-likeness (QED) is 0.482. The lowest BCUT2D eigenvalue weighted by Crippen LogP contribution is -2.21. The van der Waals surface area contributed by atoms with Gasteiger partial charge in [0, 0.05) is 11.1 Å². The Balaban J connectivity index is 1.59. The number of fused-ring (bicyclic) bond motifs is 1. The summed E-state index contributed by atoms with van der Waals surface area (Å²) in [4.78, 5) is 28.1. The van der Waals surface area contributed by atoms with Gasteiger partial charge in [-0.15, -0.1) is 0 Å². The number of carbonyl (C=O) groups is 2. The highest BCUT2D eigenvalue weighted by atomic mass is 35.5. The molecule has 2 aromatic carbocycles. The number of sulfonamides is 1. The molecule has 3 rings (SSSR count). The van der Waals surface area contributed by atoms with Crippen molar-refractivity contribution < 1.29 is 22.7 Å². The number of carbonyl (C=O) groups excluding carboxylic acids is 2. The molecule has 8 nitrogen and oxygen atoms in total. The second-order valence-electron chi connectivity index (χ2n) is 5.74. The number of halogens is 1. The Morgan fingerprint density at radius 1 is 1.07 bits per heavy atom. The van der Waals surface area contributed by atoms with Gasteiger partial charge in [0.05, 0.1) is 16.0 Å². The SMILES string of the molecule is NS(=O)(=O)c1ccc(NC(=O)COC(=O)c2ccc3nc(Cl)ccc3c2)cc1. The van der Waals surface area contributed by atoms with Crippen molar-refractivity contribution in [3.8, 4) is 0 Å². The Labute approximate surface area is 165 Å². The molecule has 0 bridgehead atoms. The zero-order chi connectivity index (χ0) is 20.3. The Morgan fingerprint density at radius 3 is 2.46 bits per heavy atom. The standard InChI is InChI=1S/C18H14ClN3O5S/c19-16-8-2-11-9-12(1-7-15(11)22-16)18(24)27-10-17(23)21-13-3-5-14(6-4-13)28(20,25)26/h1-9H,10H2,(H,21,23)(H2,20,25,26). The Kier molecular flexibility index (Phi) is 5.59. The number of aromatic nitrogens is 1. The normalized spacial score (nSPS) is 11.2. The van der Waals surface area contributed by atoms with E-state index in [1.807, 2.05) is 0 Å². The van der Waals surface area contributed by atoms with Crippen LogP contribution in [-0.2, 0) is 19.6 Å². The number of amides is 1. The van der Waals surface area contributed by atoms with Gasteiger partial charge < -0.3 is 10.1 Å². The van der Waals surface area contributed by atoms with E-state index < -0.39 is 28.5 Å². The molecule has 0 atom stereocenters. The number of rotatable bonds is 5. The predicted molar refractivity (Wildman–Crippen MR) is 103 cm³/mol. The summed E-state index contributed by atoms with van der Waals surface area (Å²) < 4.78 is 27.4. The zero-order valence-corrected chi connectivity index (χ0v) is 15.8. The van der Waals surface area contributed by atoms with E-state index >= 15 is 0 Å². The highest BCUT2D eigenvalue weighted by Crippen LogP contribution is 2.18. The fourth-order valence-corrected chi connectivity index (χ4v) is 3.04. The molecule has 1 heterocycles. The monoisotopic (exact) mass is 419 g/mol. The van der Waals surface area contributed by atoms with E-state index in [4.69, 9.17) is 21.5 Å². The van der Waals surface area contributed by atoms with Gasteiger partial charge in [0.2, 0.25) is 10.0 Å². The molecule has 3 aromatic rings. The molecule has 0 aliphatic carbocycles. The number of hydrogen-bond acceptors (Lipinski definition) is 6. The van der Waals surface area contributed by atoms with Crippen molar-refractivity contribution in [1.29, 1.82) is 0 Å². The lowest BCUT2D eigenvalue weighted by atomic mass is 10.1. The molecule has 0 radical (unpaired) electrons. The fourth-order valence-electron chi connectivity index (χ4n) is 2.37. The smallest absolute Gasteiger partial charge is 0.338 e. The molecule has 0 fully saturated rings. The number of anilines is 1. The molecule has 1 aromatic heterocycles. The van der Waals surface area contributed by atoms with Crippen LogP contribution in [0.4, 0.5) is 5.69 Å². The summed E-state index contributed by atoms with van der Waals surface area (Å²) in [5, 5.41) is 8.54. The first kappa shape index (κ1) is 19.7. The van der Waals surface area contributed by atoms with Gasteiger partial charge in [-0.3, -0.25) is 4.79 Å². The van der Waals surface area contributed by atoms with Crippen LogP contribution in [0, 0.1) is 0 Å². The number of pyridine rings is 1. The first-order valence-corrected chi connectivity index (χ1v) is 9.81. The summed E-state index contributed by atoms with van der Waals surface area (Å²) in [6, 6.07) is 13.3. The lowest BCUT2D eigenvalue weighted by molar-refractivity contribution is -0.119. The van der Waals surface area contributed by atoms with Gasteiger partial charge in [0.25, 0.3) is 5.91 Å². The van der Waals surface area contributed by atoms with E-state index in [2.05, 4.69) is 10.3 Å². The molecule has 3 N–H and O–H groups in total. The molecule has 0 aliphatic rings. The highest BCUT2D eigenvalue weighted by molar-refractivity contribution is 7.89. The molecule has 0 spiro atoms. The van der Waals surface area contributed by atoms with E-state index in [-0.39, 0.29) is 10.5 Å². The molecule has 10 heteroatoms. The van der Waals surface area contributed by atoms with Crippen LogP contribution in [0.1, 0.15) is 10.4 Å². The molecule has 144 valence electrons. The minimum Gasteiger partial charge on any atom is -0.452 e. The lowest BCUT2D eigenvalue weighted by Gasteiger charge is -2.08. The maximum Gasteiger partial charge on any atom is 0.338 e. The van der Waals surface area contributed by atoms with Crippen LogP contribution in [0.3, 0.4) is 0 Å². The number of esters is 1. The van der Waals surface area contributed by atoms with Gasteiger partial charge in [-0.05, 0) is 54.6 Å². The van der Waals surface area contributed by atoms with Gasteiger partial charge in [-0.2, -0.15) is 0 Å². The molecule has 1 amide bonds. The van der Waals surface area contributed by atoms with Crippen LogP contribution in [0.25, 0.3) is 10.9 Å². The van der Waals surface area contributed by atoms with Crippen molar-refractivity contribution in [2.75, 3.05) is 11.9 Å². The van der Waals surface area contributed by atoms with E-state index in [1.165, 1.54) is 30.3 Å². The van der Waals surface area contributed by atoms with Crippen LogP contribution in [-0.4, -0.2) is 31.9 Å². The van der Waals surface area contributed by atoms with Crippen LogP contribution in [0.15, 0.2) is 59.5 Å². The predicted octanol–water partition coefficient (Wildman–Crippen LogP) is 2.33. The zero-order valence-electron chi connectivity index (χ0n) is 14.3. The minimum atomic E-state index is -3.81. The molecular weight excluding hydrogens is 406 g/mol. The first-order valence-electron chi connectivity index (χ1n) is 7.88. The van der Waals surface area contributed by atoms with Gasteiger partial charge >= 0.3 is 5.97 Å². The Morgan fingerprint density at radius 2 is 1.79 bits per heavy atom. The highest BCUT2D eigenvalue weighted by Gasteiger charge is 2.12. The fraction of sp³-hybridized carbons (Fsp3) is 0.0556. The van der Waals surface area contributed by atoms with Crippen molar-refractivity contribution in [2.45, 2.75) is 4.90 Å². The third-order valence-corrected chi connectivity index (χ3v) is 4.83. The summed E-state index contributed by atoms with van der Waals surface area (Å²) in [7, 11) is -3.81. The van der Waals surface area contributed by atoms with Gasteiger partial charge in [0.1, 0.15) is 5.15 Å². The summed E-state index contributed by atoms with van der Waals surface area (Å²) in [5.41, 5.74) is 1.23. The summed E-state index contributed by atoms with van der Waals surface area (Å²) in [6.45, 7) is -0.507. The number of primary sulfonamides is 1. The van der Waals surface area contributed by atoms with E-state index in [9.17, 15) is 18.0 Å². The Hall–Kier alpha value is -3.01. The van der Waals surface area contributed by atoms with Crippen molar-refractivity contribution in [2.24, 2.45) is 5.14 Å². The van der Waals surface area contributed by atoms with Crippen molar-refractivity contribution >= 4 is 50.1 Å². The number of nitrogens with one attached hydrogen (secondary N) is 1. The number of nitrogens with zero attached hydrogens (tertiary/aromatic N) is 1. The second kappa shape index (κ2) is 7.93. The largest absolute Gasteiger partial charge is 0.452 e. The number of hydrogen-bond donors (Lipinski definition) is 2. The maximum atomic E-state index is 12.1. The third kappa shape index (κ3) is 4.83. The van der Waals surface area contributed by atoms with Crippen molar-refractivity contribution in [3.05, 3.63) is 65.3 Å². The van der Waals surface area contributed by atoms with Crippen LogP contribution < -0.4 is 10.5 Å². The average Bonchev–Trinajstić information content (AvgIpc) is 2.65. The molecule has 0 saturated carbocycles. The van der Waals surface area contributed by atoms with E-state index in [0.717, 1.165) is 0 Å². The van der Waals surface area contributed by atoms with Crippen LogP contribution >= 0.6 is 11.6 Å². The number of nitrogens with two attached hydrogens (primary N) is 1. The van der Waals surface area contributed by atoms with Crippen LogP contribution in [0.5, 0.6) is 0 Å². The minimum absolute atomic E-state index is 0.0796. The van der Waals surface area contributed by atoms with E-state index in [0.29, 0.717) is 21.7 Å². The Bertz CT molecular complexity index is 1160. The molecule has 0 saturated heterocycles. The summed E-state index contributed by atoms with van der Waals surface area (Å²) in [6.07, 6.45) is 0. The average molecular weight is 420 g/mol. The number of benzene rings is 2. The topological polar surface area (TPSA) is 128 Å². The second-order valence-corrected chi connectivity index (χ2v) is 7.68. The van der Waals surface area contributed by atoms with Gasteiger partial charge in [-0.25, -0.2) is 23.3 Å². The number of ether oxygens (including phenoxy) is 1. The summed E-state index contributed by atoms with van der Waals surface area (Å²) in [5.74, 6) is -1.25. The molecular formula is C18H14ClN3O5S. The maximum absolute atomic E-state index is 12.1. The first-order chi connectivity index (χ1) is 13.2. The van der Waals surface area contributed by atoms with Crippen LogP contribution in [0.2, 0.25) is 5.15 Å².